The van der Waals surface area contributed by atoms with Gasteiger partial charge in [-0.1, -0.05) is 0 Å². The Balaban J connectivity index is 1.86. The molecule has 0 radical (unpaired) electrons. The summed E-state index contributed by atoms with van der Waals surface area (Å²) < 4.78 is 4.91. The van der Waals surface area contributed by atoms with Crippen molar-refractivity contribution >= 4 is 11.8 Å². The molecule has 0 bridgehead atoms. The minimum absolute atomic E-state index is 0.942. The zero-order chi connectivity index (χ0) is 8.23. The molecule has 1 saturated heterocycles. The molecule has 0 atom stereocenters. The first-order chi connectivity index (χ1) is 5.95. The van der Waals surface area contributed by atoms with Crippen molar-refractivity contribution in [1.82, 2.24) is 9.88 Å². The highest BCUT2D eigenvalue weighted by molar-refractivity contribution is 7.99. The largest absolute Gasteiger partial charge is 0.451 e. The molecule has 3 nitrogen and oxygen atoms in total. The number of thioether (sulfide) groups is 1. The van der Waals surface area contributed by atoms with Crippen LogP contribution in [0.2, 0.25) is 0 Å². The van der Waals surface area contributed by atoms with Gasteiger partial charge in [-0.3, -0.25) is 4.90 Å². The van der Waals surface area contributed by atoms with E-state index in [-0.39, 0.29) is 0 Å². The van der Waals surface area contributed by atoms with Gasteiger partial charge in [0.05, 0.1) is 5.69 Å². The van der Waals surface area contributed by atoms with Crippen LogP contribution in [0.4, 0.5) is 0 Å². The number of hydrogen-bond donors (Lipinski definition) is 0. The summed E-state index contributed by atoms with van der Waals surface area (Å²) in [5, 5.41) is 0. The maximum atomic E-state index is 4.91. The Morgan fingerprint density at radius 2 is 2.33 bits per heavy atom. The lowest BCUT2D eigenvalue weighted by atomic mass is 10.4. The average Bonchev–Trinajstić information content (AvgIpc) is 2.59. The molecular weight excluding hydrogens is 172 g/mol. The fourth-order valence-electron chi connectivity index (χ4n) is 1.30. The van der Waals surface area contributed by atoms with Crippen molar-refractivity contribution < 1.29 is 4.42 Å². The van der Waals surface area contributed by atoms with Gasteiger partial charge < -0.3 is 4.42 Å². The van der Waals surface area contributed by atoms with E-state index in [9.17, 15) is 0 Å². The molecule has 0 aromatic carbocycles. The number of rotatable bonds is 2. The average molecular weight is 184 g/mol. The van der Waals surface area contributed by atoms with Gasteiger partial charge in [0.2, 0.25) is 0 Å². The second-order valence-corrected chi connectivity index (χ2v) is 4.09. The summed E-state index contributed by atoms with van der Waals surface area (Å²) in [5.41, 5.74) is 1.04. The molecule has 0 aliphatic carbocycles. The number of hydrogen-bond acceptors (Lipinski definition) is 4. The van der Waals surface area contributed by atoms with Crippen LogP contribution in [0.25, 0.3) is 0 Å². The van der Waals surface area contributed by atoms with Crippen molar-refractivity contribution in [2.75, 3.05) is 24.6 Å². The molecule has 0 saturated carbocycles. The van der Waals surface area contributed by atoms with Gasteiger partial charge >= 0.3 is 0 Å². The van der Waals surface area contributed by atoms with Crippen LogP contribution in [0.1, 0.15) is 5.69 Å². The second kappa shape index (κ2) is 3.96. The molecule has 1 aromatic heterocycles. The minimum atomic E-state index is 0.942. The van der Waals surface area contributed by atoms with Gasteiger partial charge in [-0.2, -0.15) is 11.8 Å². The van der Waals surface area contributed by atoms with Crippen LogP contribution in [0.3, 0.4) is 0 Å². The molecule has 1 aromatic rings. The Hall–Kier alpha value is -0.480. The summed E-state index contributed by atoms with van der Waals surface area (Å²) in [6.07, 6.45) is 3.22. The normalized spacial score (nSPS) is 19.7. The van der Waals surface area contributed by atoms with E-state index in [1.807, 2.05) is 11.8 Å². The van der Waals surface area contributed by atoms with Gasteiger partial charge in [0, 0.05) is 31.1 Å². The smallest absolute Gasteiger partial charge is 0.180 e. The van der Waals surface area contributed by atoms with E-state index in [2.05, 4.69) is 9.88 Å². The Kier molecular flexibility index (Phi) is 2.68. The minimum Gasteiger partial charge on any atom is -0.451 e. The van der Waals surface area contributed by atoms with Gasteiger partial charge in [-0.25, -0.2) is 4.98 Å². The molecule has 2 rings (SSSR count). The molecular formula is C8H12N2OS. The van der Waals surface area contributed by atoms with Crippen LogP contribution in [0.15, 0.2) is 17.1 Å². The van der Waals surface area contributed by atoms with E-state index in [0.29, 0.717) is 0 Å². The molecule has 66 valence electrons. The standard InChI is InChI=1S/C8H12N2OS/c1-3-12-4-2-10(1)5-8-6-11-7-9-8/h6-7H,1-5H2. The fourth-order valence-corrected chi connectivity index (χ4v) is 2.28. The van der Waals surface area contributed by atoms with E-state index in [0.717, 1.165) is 12.2 Å². The summed E-state index contributed by atoms with van der Waals surface area (Å²) >= 11 is 2.03. The van der Waals surface area contributed by atoms with Crippen LogP contribution < -0.4 is 0 Å². The van der Waals surface area contributed by atoms with Crippen LogP contribution in [0, 0.1) is 0 Å². The van der Waals surface area contributed by atoms with Crippen molar-refractivity contribution in [1.29, 1.82) is 0 Å². The van der Waals surface area contributed by atoms with Crippen molar-refractivity contribution in [2.45, 2.75) is 6.54 Å². The Bertz CT molecular complexity index is 219. The number of aromatic nitrogens is 1. The van der Waals surface area contributed by atoms with Crippen LogP contribution >= 0.6 is 11.8 Å². The molecule has 1 aliphatic rings. The zero-order valence-electron chi connectivity index (χ0n) is 6.90. The maximum absolute atomic E-state index is 4.91. The monoisotopic (exact) mass is 184 g/mol. The zero-order valence-corrected chi connectivity index (χ0v) is 7.72. The highest BCUT2D eigenvalue weighted by atomic mass is 32.2. The van der Waals surface area contributed by atoms with Crippen LogP contribution in [-0.4, -0.2) is 34.5 Å². The summed E-state index contributed by atoms with van der Waals surface area (Å²) in [6.45, 7) is 3.30. The summed E-state index contributed by atoms with van der Waals surface area (Å²) in [6, 6.07) is 0. The van der Waals surface area contributed by atoms with Gasteiger partial charge in [0.15, 0.2) is 6.39 Å². The Labute approximate surface area is 76.1 Å². The van der Waals surface area contributed by atoms with Gasteiger partial charge in [-0.15, -0.1) is 0 Å². The third kappa shape index (κ3) is 2.01. The third-order valence-electron chi connectivity index (χ3n) is 1.97. The first-order valence-electron chi connectivity index (χ1n) is 4.12. The highest BCUT2D eigenvalue weighted by Crippen LogP contribution is 2.11. The maximum Gasteiger partial charge on any atom is 0.180 e. The lowest BCUT2D eigenvalue weighted by Crippen LogP contribution is -2.32. The molecule has 1 fully saturated rings. The topological polar surface area (TPSA) is 29.3 Å². The molecule has 4 heteroatoms. The Morgan fingerprint density at radius 1 is 1.50 bits per heavy atom. The first-order valence-corrected chi connectivity index (χ1v) is 5.28. The molecule has 2 heterocycles. The van der Waals surface area contributed by atoms with Crippen LogP contribution in [0.5, 0.6) is 0 Å². The van der Waals surface area contributed by atoms with Gasteiger partial charge in [0.25, 0.3) is 0 Å². The van der Waals surface area contributed by atoms with Crippen LogP contribution in [-0.2, 0) is 6.54 Å². The quantitative estimate of drug-likeness (QED) is 0.691. The predicted molar refractivity (Wildman–Crippen MR) is 49.1 cm³/mol. The second-order valence-electron chi connectivity index (χ2n) is 2.87. The van der Waals surface area contributed by atoms with Gasteiger partial charge in [0.1, 0.15) is 6.26 Å². The first kappa shape index (κ1) is 8.13. The Morgan fingerprint density at radius 3 is 3.00 bits per heavy atom. The highest BCUT2D eigenvalue weighted by Gasteiger charge is 2.11. The van der Waals surface area contributed by atoms with Crippen molar-refractivity contribution in [3.8, 4) is 0 Å². The summed E-state index contributed by atoms with van der Waals surface area (Å²) in [4.78, 5) is 6.51. The predicted octanol–water partition coefficient (Wildman–Crippen LogP) is 1.22. The molecule has 1 aliphatic heterocycles. The fraction of sp³-hybridized carbons (Fsp3) is 0.625. The molecule has 0 unspecified atom stereocenters. The number of nitrogens with zero attached hydrogens (tertiary/aromatic N) is 2. The van der Waals surface area contributed by atoms with E-state index < -0.39 is 0 Å². The summed E-state index contributed by atoms with van der Waals surface area (Å²) in [7, 11) is 0. The van der Waals surface area contributed by atoms with Crippen molar-refractivity contribution in [2.24, 2.45) is 0 Å². The molecule has 0 spiro atoms. The van der Waals surface area contributed by atoms with E-state index in [1.54, 1.807) is 6.26 Å². The summed E-state index contributed by atoms with van der Waals surface area (Å²) in [5.74, 6) is 2.50. The molecule has 12 heavy (non-hydrogen) atoms. The third-order valence-corrected chi connectivity index (χ3v) is 2.92. The molecule has 0 amide bonds. The van der Waals surface area contributed by atoms with E-state index >= 15 is 0 Å². The van der Waals surface area contributed by atoms with Crippen molar-refractivity contribution in [3.63, 3.8) is 0 Å². The SMILES string of the molecule is c1nc(CN2CCSCC2)co1. The van der Waals surface area contributed by atoms with E-state index in [1.165, 1.54) is 31.0 Å². The number of oxazole rings is 1. The van der Waals surface area contributed by atoms with E-state index in [4.69, 9.17) is 4.42 Å². The lowest BCUT2D eigenvalue weighted by molar-refractivity contribution is 0.291. The van der Waals surface area contributed by atoms with Gasteiger partial charge in [-0.05, 0) is 0 Å². The lowest BCUT2D eigenvalue weighted by Gasteiger charge is -2.24. The molecule has 0 N–H and O–H groups in total. The van der Waals surface area contributed by atoms with Crippen molar-refractivity contribution in [3.05, 3.63) is 18.4 Å².